The number of hydrogen-bond donors (Lipinski definition) is 0. The lowest BCUT2D eigenvalue weighted by atomic mass is 9.96. The lowest BCUT2D eigenvalue weighted by Gasteiger charge is -2.25. The number of benzene rings is 2. The van der Waals surface area contributed by atoms with Crippen LogP contribution in [0, 0.1) is 0 Å². The molecule has 0 bridgehead atoms. The van der Waals surface area contributed by atoms with Gasteiger partial charge in [0.25, 0.3) is 0 Å². The van der Waals surface area contributed by atoms with Gasteiger partial charge in [-0.05, 0) is 57.4 Å². The summed E-state index contributed by atoms with van der Waals surface area (Å²) in [4.78, 5) is 13.2. The number of carbonyl (C=O) groups is 1. The van der Waals surface area contributed by atoms with Gasteiger partial charge in [-0.2, -0.15) is 0 Å². The number of ether oxygens (including phenoxy) is 3. The zero-order chi connectivity index (χ0) is 21.1. The predicted molar refractivity (Wildman–Crippen MR) is 117 cm³/mol. The van der Waals surface area contributed by atoms with Crippen LogP contribution in [0.5, 0.6) is 5.75 Å². The van der Waals surface area contributed by atoms with Gasteiger partial charge in [0, 0.05) is 36.3 Å². The van der Waals surface area contributed by atoms with E-state index in [-0.39, 0.29) is 12.0 Å². The summed E-state index contributed by atoms with van der Waals surface area (Å²) in [5, 5.41) is 1.01. The quantitative estimate of drug-likeness (QED) is 0.540. The van der Waals surface area contributed by atoms with Crippen molar-refractivity contribution in [2.45, 2.75) is 51.7 Å². The van der Waals surface area contributed by atoms with Crippen molar-refractivity contribution >= 4 is 17.0 Å². The molecule has 2 aromatic carbocycles. The fraction of sp³-hybridized carbons (Fsp3) is 0.400. The molecule has 0 spiro atoms. The van der Waals surface area contributed by atoms with Crippen molar-refractivity contribution in [1.82, 2.24) is 4.57 Å². The summed E-state index contributed by atoms with van der Waals surface area (Å²) in [7, 11) is 0. The van der Waals surface area contributed by atoms with Crippen molar-refractivity contribution in [2.24, 2.45) is 0 Å². The molecule has 1 aliphatic rings. The first-order valence-corrected chi connectivity index (χ1v) is 10.5. The molecule has 158 valence electrons. The van der Waals surface area contributed by atoms with Gasteiger partial charge in [-0.15, -0.1) is 0 Å². The molecule has 5 heteroatoms. The van der Waals surface area contributed by atoms with Crippen LogP contribution in [0.4, 0.5) is 4.79 Å². The molecule has 0 unspecified atom stereocenters. The maximum absolute atomic E-state index is 13.2. The summed E-state index contributed by atoms with van der Waals surface area (Å²) >= 11 is 0. The average Bonchev–Trinajstić information content (AvgIpc) is 3.11. The van der Waals surface area contributed by atoms with Crippen molar-refractivity contribution in [1.29, 1.82) is 0 Å². The monoisotopic (exact) mass is 407 g/mol. The molecule has 2 heterocycles. The van der Waals surface area contributed by atoms with Crippen molar-refractivity contribution in [3.8, 4) is 5.75 Å². The Bertz CT molecular complexity index is 1010. The third-order valence-electron chi connectivity index (χ3n) is 5.27. The third-order valence-corrected chi connectivity index (χ3v) is 5.27. The van der Waals surface area contributed by atoms with Crippen molar-refractivity contribution in [2.75, 3.05) is 13.2 Å². The highest BCUT2D eigenvalue weighted by Crippen LogP contribution is 2.34. The Morgan fingerprint density at radius 3 is 2.50 bits per heavy atom. The minimum absolute atomic E-state index is 0.271. The molecule has 1 saturated heterocycles. The second-order valence-electron chi connectivity index (χ2n) is 8.77. The van der Waals surface area contributed by atoms with E-state index < -0.39 is 5.60 Å². The second-order valence-corrected chi connectivity index (χ2v) is 8.77. The number of aromatic nitrogens is 1. The molecule has 0 amide bonds. The molecular formula is C25H29NO4. The van der Waals surface area contributed by atoms with E-state index in [4.69, 9.17) is 14.2 Å². The first-order chi connectivity index (χ1) is 14.4. The SMILES string of the molecule is CC(C)(C)OC(=O)n1c(C2CCOCC2)cc2ccc(OCc3ccccc3)cc21. The Balaban J connectivity index is 1.69. The Morgan fingerprint density at radius 1 is 1.07 bits per heavy atom. The summed E-state index contributed by atoms with van der Waals surface area (Å²) in [5.74, 6) is 1.00. The number of rotatable bonds is 4. The first kappa shape index (κ1) is 20.5. The van der Waals surface area contributed by atoms with Crippen molar-refractivity contribution in [3.63, 3.8) is 0 Å². The molecule has 0 atom stereocenters. The van der Waals surface area contributed by atoms with Gasteiger partial charge < -0.3 is 14.2 Å². The average molecular weight is 408 g/mol. The minimum atomic E-state index is -0.567. The maximum atomic E-state index is 13.2. The van der Waals surface area contributed by atoms with E-state index in [1.807, 2.05) is 69.3 Å². The number of nitrogens with zero attached hydrogens (tertiary/aromatic N) is 1. The first-order valence-electron chi connectivity index (χ1n) is 10.5. The zero-order valence-corrected chi connectivity index (χ0v) is 17.9. The second kappa shape index (κ2) is 8.52. The summed E-state index contributed by atoms with van der Waals surface area (Å²) in [6, 6.07) is 18.1. The molecule has 5 nitrogen and oxygen atoms in total. The molecule has 0 aliphatic carbocycles. The number of fused-ring (bicyclic) bond motifs is 1. The number of hydrogen-bond acceptors (Lipinski definition) is 4. The highest BCUT2D eigenvalue weighted by molar-refractivity contribution is 5.92. The molecule has 4 rings (SSSR count). The van der Waals surface area contributed by atoms with E-state index >= 15 is 0 Å². The lowest BCUT2D eigenvalue weighted by Crippen LogP contribution is -2.29. The molecule has 1 fully saturated rings. The summed E-state index contributed by atoms with van der Waals surface area (Å²) in [6.07, 6.45) is 1.45. The van der Waals surface area contributed by atoms with Crippen LogP contribution in [0.15, 0.2) is 54.6 Å². The van der Waals surface area contributed by atoms with E-state index in [2.05, 4.69) is 6.07 Å². The van der Waals surface area contributed by atoms with Crippen LogP contribution in [0.1, 0.15) is 50.8 Å². The van der Waals surface area contributed by atoms with E-state index in [0.29, 0.717) is 19.8 Å². The molecule has 1 aromatic heterocycles. The van der Waals surface area contributed by atoms with Crippen LogP contribution in [0.25, 0.3) is 10.9 Å². The minimum Gasteiger partial charge on any atom is -0.489 e. The standard InChI is InChI=1S/C25H29NO4/c1-25(2,3)30-24(27)26-22(19-11-13-28-14-12-19)15-20-9-10-21(16-23(20)26)29-17-18-7-5-4-6-8-18/h4-10,15-16,19H,11-14,17H2,1-3H3. The van der Waals surface area contributed by atoms with Gasteiger partial charge >= 0.3 is 6.09 Å². The van der Waals surface area contributed by atoms with Crippen LogP contribution >= 0.6 is 0 Å². The summed E-state index contributed by atoms with van der Waals surface area (Å²) in [5.41, 5.74) is 2.34. The van der Waals surface area contributed by atoms with Crippen LogP contribution in [0.3, 0.4) is 0 Å². The van der Waals surface area contributed by atoms with Crippen LogP contribution in [0.2, 0.25) is 0 Å². The van der Waals surface area contributed by atoms with E-state index in [0.717, 1.165) is 40.8 Å². The Morgan fingerprint density at radius 2 is 1.80 bits per heavy atom. The van der Waals surface area contributed by atoms with Gasteiger partial charge in [-0.25, -0.2) is 9.36 Å². The van der Waals surface area contributed by atoms with Gasteiger partial charge in [-0.3, -0.25) is 0 Å². The Hall–Kier alpha value is -2.79. The zero-order valence-electron chi connectivity index (χ0n) is 17.9. The van der Waals surface area contributed by atoms with Crippen molar-refractivity contribution < 1.29 is 19.0 Å². The van der Waals surface area contributed by atoms with Gasteiger partial charge in [0.1, 0.15) is 18.0 Å². The molecule has 1 aliphatic heterocycles. The smallest absolute Gasteiger partial charge is 0.419 e. The van der Waals surface area contributed by atoms with Crippen LogP contribution < -0.4 is 4.74 Å². The third kappa shape index (κ3) is 4.68. The fourth-order valence-electron chi connectivity index (χ4n) is 3.84. The van der Waals surface area contributed by atoms with Gasteiger partial charge in [0.15, 0.2) is 0 Å². The van der Waals surface area contributed by atoms with Crippen LogP contribution in [-0.2, 0) is 16.1 Å². The highest BCUT2D eigenvalue weighted by Gasteiger charge is 2.27. The fourth-order valence-corrected chi connectivity index (χ4v) is 3.84. The largest absolute Gasteiger partial charge is 0.489 e. The Kier molecular flexibility index (Phi) is 5.82. The van der Waals surface area contributed by atoms with Gasteiger partial charge in [0.2, 0.25) is 0 Å². The lowest BCUT2D eigenvalue weighted by molar-refractivity contribution is 0.0523. The molecular weight excluding hydrogens is 378 g/mol. The van der Waals surface area contributed by atoms with Gasteiger partial charge in [0.05, 0.1) is 5.52 Å². The molecule has 0 saturated carbocycles. The van der Waals surface area contributed by atoms with E-state index in [9.17, 15) is 4.79 Å². The van der Waals surface area contributed by atoms with Crippen molar-refractivity contribution in [3.05, 3.63) is 65.9 Å². The molecule has 3 aromatic rings. The maximum Gasteiger partial charge on any atom is 0.419 e. The van der Waals surface area contributed by atoms with Crippen LogP contribution in [-0.4, -0.2) is 29.5 Å². The van der Waals surface area contributed by atoms with E-state index in [1.165, 1.54) is 0 Å². The molecule has 0 radical (unpaired) electrons. The highest BCUT2D eigenvalue weighted by atomic mass is 16.6. The molecule has 0 N–H and O–H groups in total. The normalized spacial score (nSPS) is 15.3. The number of carbonyl (C=O) groups excluding carboxylic acids is 1. The summed E-state index contributed by atoms with van der Waals surface area (Å²) < 4.78 is 19.0. The predicted octanol–water partition coefficient (Wildman–Crippen LogP) is 5.90. The molecule has 30 heavy (non-hydrogen) atoms. The Labute approximate surface area is 177 Å². The summed E-state index contributed by atoms with van der Waals surface area (Å²) in [6.45, 7) is 7.57. The van der Waals surface area contributed by atoms with Gasteiger partial charge in [-0.1, -0.05) is 30.3 Å². The topological polar surface area (TPSA) is 49.7 Å². The van der Waals surface area contributed by atoms with E-state index in [1.54, 1.807) is 4.57 Å².